The predicted octanol–water partition coefficient (Wildman–Crippen LogP) is 0.789. The first kappa shape index (κ1) is 16.6. The Labute approximate surface area is 139 Å². The molecule has 0 aromatic rings. The number of guanidine groups is 1. The number of nitrogens with zero attached hydrogens (tertiary/aromatic N) is 3. The van der Waals surface area contributed by atoms with Crippen LogP contribution in [0.3, 0.4) is 0 Å². The number of aliphatic imine (C=N–C) groups is 1. The first-order valence-corrected chi connectivity index (χ1v) is 9.13. The fraction of sp³-hybridized carbons (Fsp3) is 0.882. The fourth-order valence-corrected chi connectivity index (χ4v) is 3.55. The van der Waals surface area contributed by atoms with Gasteiger partial charge in [0.25, 0.3) is 0 Å². The molecule has 1 unspecified atom stereocenters. The van der Waals surface area contributed by atoms with E-state index in [9.17, 15) is 4.79 Å². The van der Waals surface area contributed by atoms with Crippen molar-refractivity contribution in [2.45, 2.75) is 63.1 Å². The zero-order valence-electron chi connectivity index (χ0n) is 14.6. The minimum atomic E-state index is 0.0450. The van der Waals surface area contributed by atoms with E-state index in [0.29, 0.717) is 12.1 Å². The number of carbonyl (C=O) groups is 1. The molecular weight excluding hydrogens is 290 g/mol. The number of amides is 1. The zero-order chi connectivity index (χ0) is 16.2. The first-order valence-electron chi connectivity index (χ1n) is 9.13. The number of rotatable bonds is 5. The number of carbonyl (C=O) groups excluding carboxylic acids is 1. The van der Waals surface area contributed by atoms with Crippen LogP contribution in [0.4, 0.5) is 0 Å². The van der Waals surface area contributed by atoms with Crippen LogP contribution in [0.15, 0.2) is 4.99 Å². The van der Waals surface area contributed by atoms with E-state index in [2.05, 4.69) is 20.5 Å². The van der Waals surface area contributed by atoms with Gasteiger partial charge in [-0.3, -0.25) is 9.69 Å². The van der Waals surface area contributed by atoms with Gasteiger partial charge in [-0.25, -0.2) is 4.99 Å². The highest BCUT2D eigenvalue weighted by Crippen LogP contribution is 2.29. The average molecular weight is 321 g/mol. The second kappa shape index (κ2) is 7.51. The molecule has 3 rings (SSSR count). The highest BCUT2D eigenvalue weighted by atomic mass is 16.2. The van der Waals surface area contributed by atoms with Gasteiger partial charge in [-0.05, 0) is 32.1 Å². The lowest BCUT2D eigenvalue weighted by Gasteiger charge is -2.22. The molecule has 6 heteroatoms. The highest BCUT2D eigenvalue weighted by Gasteiger charge is 2.34. The maximum absolute atomic E-state index is 11.8. The van der Waals surface area contributed by atoms with Crippen molar-refractivity contribution in [1.82, 2.24) is 20.4 Å². The van der Waals surface area contributed by atoms with Crippen molar-refractivity contribution >= 4 is 11.9 Å². The Kier molecular flexibility index (Phi) is 5.41. The van der Waals surface area contributed by atoms with E-state index in [1.54, 1.807) is 19.0 Å². The summed E-state index contributed by atoms with van der Waals surface area (Å²) in [6.45, 7) is 2.52. The first-order chi connectivity index (χ1) is 11.1. The molecule has 0 spiro atoms. The number of hydrogen-bond acceptors (Lipinski definition) is 3. The molecule has 0 aromatic heterocycles. The summed E-state index contributed by atoms with van der Waals surface area (Å²) in [4.78, 5) is 20.6. The van der Waals surface area contributed by atoms with Crippen LogP contribution in [0, 0.1) is 0 Å². The van der Waals surface area contributed by atoms with E-state index in [-0.39, 0.29) is 12.5 Å². The molecule has 1 saturated heterocycles. The Hall–Kier alpha value is -1.30. The molecule has 0 aromatic carbocycles. The van der Waals surface area contributed by atoms with Crippen LogP contribution in [0.2, 0.25) is 0 Å². The summed E-state index contributed by atoms with van der Waals surface area (Å²) in [5, 5.41) is 7.12. The van der Waals surface area contributed by atoms with Crippen LogP contribution in [0.25, 0.3) is 0 Å². The number of hydrogen-bond donors (Lipinski definition) is 2. The molecule has 1 heterocycles. The monoisotopic (exact) mass is 321 g/mol. The van der Waals surface area contributed by atoms with Crippen molar-refractivity contribution in [1.29, 1.82) is 0 Å². The summed E-state index contributed by atoms with van der Waals surface area (Å²) >= 11 is 0. The van der Waals surface area contributed by atoms with E-state index < -0.39 is 0 Å². The Morgan fingerprint density at radius 3 is 2.43 bits per heavy atom. The van der Waals surface area contributed by atoms with Gasteiger partial charge in [-0.1, -0.05) is 12.8 Å². The van der Waals surface area contributed by atoms with Crippen molar-refractivity contribution in [2.24, 2.45) is 4.99 Å². The highest BCUT2D eigenvalue weighted by molar-refractivity contribution is 5.85. The van der Waals surface area contributed by atoms with Crippen molar-refractivity contribution in [3.63, 3.8) is 0 Å². The standard InChI is InChI=1S/C17H31N5O/c1-21(2)16(23)11-18-17(19-13-5-3-4-6-13)20-14-9-10-22(12-14)15-7-8-15/h13-15H,3-12H2,1-2H3,(H2,18,19,20). The lowest BCUT2D eigenvalue weighted by Crippen LogP contribution is -2.48. The van der Waals surface area contributed by atoms with E-state index in [1.807, 2.05) is 0 Å². The zero-order valence-corrected chi connectivity index (χ0v) is 14.6. The molecule has 2 N–H and O–H groups in total. The van der Waals surface area contributed by atoms with Crippen LogP contribution in [0.1, 0.15) is 44.9 Å². The van der Waals surface area contributed by atoms with Crippen molar-refractivity contribution < 1.29 is 4.79 Å². The maximum Gasteiger partial charge on any atom is 0.243 e. The third-order valence-electron chi connectivity index (χ3n) is 5.19. The SMILES string of the molecule is CN(C)C(=O)CN=C(NC1CCCC1)NC1CCN(C2CC2)C1. The molecule has 130 valence electrons. The van der Waals surface area contributed by atoms with Crippen LogP contribution < -0.4 is 10.6 Å². The predicted molar refractivity (Wildman–Crippen MR) is 92.5 cm³/mol. The Morgan fingerprint density at radius 1 is 1.09 bits per heavy atom. The van der Waals surface area contributed by atoms with Gasteiger partial charge in [0.2, 0.25) is 5.91 Å². The smallest absolute Gasteiger partial charge is 0.243 e. The van der Waals surface area contributed by atoms with E-state index in [4.69, 9.17) is 0 Å². The summed E-state index contributed by atoms with van der Waals surface area (Å²) in [5.41, 5.74) is 0. The molecule has 6 nitrogen and oxygen atoms in total. The lowest BCUT2D eigenvalue weighted by atomic mass is 10.2. The average Bonchev–Trinajstić information content (AvgIpc) is 3.05. The van der Waals surface area contributed by atoms with E-state index in [0.717, 1.165) is 18.5 Å². The van der Waals surface area contributed by atoms with Gasteiger partial charge in [-0.2, -0.15) is 0 Å². The van der Waals surface area contributed by atoms with Gasteiger partial charge >= 0.3 is 0 Å². The molecule has 0 radical (unpaired) electrons. The summed E-state index contributed by atoms with van der Waals surface area (Å²) in [6.07, 6.45) is 8.91. The Balaban J connectivity index is 1.54. The molecular formula is C17H31N5O. The molecule has 0 bridgehead atoms. The minimum absolute atomic E-state index is 0.0450. The van der Waals surface area contributed by atoms with Gasteiger partial charge in [-0.15, -0.1) is 0 Å². The van der Waals surface area contributed by atoms with Crippen LogP contribution in [-0.4, -0.2) is 73.5 Å². The third-order valence-corrected chi connectivity index (χ3v) is 5.19. The van der Waals surface area contributed by atoms with Crippen molar-refractivity contribution in [3.05, 3.63) is 0 Å². The van der Waals surface area contributed by atoms with Crippen LogP contribution in [-0.2, 0) is 4.79 Å². The molecule has 3 aliphatic rings. The molecule has 2 aliphatic carbocycles. The second-order valence-electron chi connectivity index (χ2n) is 7.43. The number of nitrogens with one attached hydrogen (secondary N) is 2. The van der Waals surface area contributed by atoms with Gasteiger partial charge in [0.1, 0.15) is 6.54 Å². The van der Waals surface area contributed by atoms with Gasteiger partial charge < -0.3 is 15.5 Å². The van der Waals surface area contributed by atoms with Crippen LogP contribution in [0.5, 0.6) is 0 Å². The summed E-state index contributed by atoms with van der Waals surface area (Å²) in [6, 6.07) is 1.80. The Bertz CT molecular complexity index is 440. The van der Waals surface area contributed by atoms with Crippen LogP contribution >= 0.6 is 0 Å². The topological polar surface area (TPSA) is 60.0 Å². The van der Waals surface area contributed by atoms with E-state index >= 15 is 0 Å². The number of likely N-dealkylation sites (tertiary alicyclic amines) is 1. The molecule has 1 atom stereocenters. The summed E-state index contributed by atoms with van der Waals surface area (Å²) in [7, 11) is 3.56. The molecule has 1 amide bonds. The van der Waals surface area contributed by atoms with Crippen molar-refractivity contribution in [3.8, 4) is 0 Å². The van der Waals surface area contributed by atoms with Gasteiger partial charge in [0.15, 0.2) is 5.96 Å². The largest absolute Gasteiger partial charge is 0.354 e. The lowest BCUT2D eigenvalue weighted by molar-refractivity contribution is -0.127. The summed E-state index contributed by atoms with van der Waals surface area (Å²) in [5.74, 6) is 0.873. The molecule has 2 saturated carbocycles. The minimum Gasteiger partial charge on any atom is -0.354 e. The Morgan fingerprint density at radius 2 is 1.78 bits per heavy atom. The van der Waals surface area contributed by atoms with Gasteiger partial charge in [0, 0.05) is 45.3 Å². The summed E-state index contributed by atoms with van der Waals surface area (Å²) < 4.78 is 0. The van der Waals surface area contributed by atoms with Crippen molar-refractivity contribution in [2.75, 3.05) is 33.7 Å². The maximum atomic E-state index is 11.8. The van der Waals surface area contributed by atoms with Gasteiger partial charge in [0.05, 0.1) is 0 Å². The molecule has 1 aliphatic heterocycles. The second-order valence-corrected chi connectivity index (χ2v) is 7.43. The van der Waals surface area contributed by atoms with E-state index in [1.165, 1.54) is 51.5 Å². The number of likely N-dealkylation sites (N-methyl/N-ethyl adjacent to an activating group) is 1. The third kappa shape index (κ3) is 4.83. The fourth-order valence-electron chi connectivity index (χ4n) is 3.55. The quantitative estimate of drug-likeness (QED) is 0.581. The molecule has 23 heavy (non-hydrogen) atoms. The molecule has 3 fully saturated rings. The normalized spacial score (nSPS) is 26.5.